The van der Waals surface area contributed by atoms with E-state index in [9.17, 15) is 9.59 Å². The molecule has 170 valence electrons. The second-order valence-electron chi connectivity index (χ2n) is 9.08. The molecule has 0 aliphatic carbocycles. The molecular weight excluding hydrogens is 412 g/mol. The normalized spacial score (nSPS) is 19.6. The smallest absolute Gasteiger partial charge is 0.254 e. The van der Waals surface area contributed by atoms with Crippen LogP contribution in [0.5, 0.6) is 0 Å². The molecule has 2 aliphatic rings. The van der Waals surface area contributed by atoms with Crippen molar-refractivity contribution in [2.24, 2.45) is 5.92 Å². The summed E-state index contributed by atoms with van der Waals surface area (Å²) in [6.45, 7) is 5.31. The lowest BCUT2D eigenvalue weighted by atomic mass is 9.95. The number of amides is 2. The second kappa shape index (κ2) is 9.71. The Morgan fingerprint density at radius 2 is 1.70 bits per heavy atom. The third-order valence-corrected chi connectivity index (χ3v) is 6.89. The van der Waals surface area contributed by atoms with E-state index in [1.54, 1.807) is 6.20 Å². The van der Waals surface area contributed by atoms with Crippen molar-refractivity contribution in [3.63, 3.8) is 0 Å². The zero-order chi connectivity index (χ0) is 22.6. The maximum atomic E-state index is 13.4. The molecular formula is C27H30N4O2. The summed E-state index contributed by atoms with van der Waals surface area (Å²) in [4.78, 5) is 37.1. The number of carbonyl (C=O) groups excluding carboxylic acids is 2. The average molecular weight is 443 g/mol. The lowest BCUT2D eigenvalue weighted by molar-refractivity contribution is -0.138. The van der Waals surface area contributed by atoms with Crippen molar-refractivity contribution >= 4 is 22.6 Å². The minimum absolute atomic E-state index is 0.0330. The van der Waals surface area contributed by atoms with Gasteiger partial charge in [0, 0.05) is 63.8 Å². The Labute approximate surface area is 194 Å². The molecule has 0 N–H and O–H groups in total. The molecule has 2 aromatic carbocycles. The number of fused-ring (bicyclic) bond motifs is 1. The number of piperidine rings is 1. The van der Waals surface area contributed by atoms with Crippen LogP contribution < -0.4 is 0 Å². The summed E-state index contributed by atoms with van der Waals surface area (Å²) in [5, 5.41) is 2.04. The van der Waals surface area contributed by atoms with E-state index in [2.05, 4.69) is 16.0 Å². The number of rotatable bonds is 4. The fourth-order valence-electron chi connectivity index (χ4n) is 5.08. The van der Waals surface area contributed by atoms with Gasteiger partial charge in [-0.1, -0.05) is 42.5 Å². The molecule has 0 radical (unpaired) electrons. The van der Waals surface area contributed by atoms with Crippen LogP contribution in [0.4, 0.5) is 0 Å². The van der Waals surface area contributed by atoms with Gasteiger partial charge in [-0.05, 0) is 41.3 Å². The molecule has 2 saturated heterocycles. The third-order valence-electron chi connectivity index (χ3n) is 6.89. The van der Waals surface area contributed by atoms with E-state index in [-0.39, 0.29) is 17.7 Å². The molecule has 6 heteroatoms. The number of carbonyl (C=O) groups is 2. The van der Waals surface area contributed by atoms with Crippen molar-refractivity contribution in [1.82, 2.24) is 19.7 Å². The summed E-state index contributed by atoms with van der Waals surface area (Å²) in [5.41, 5.74) is 1.93. The summed E-state index contributed by atoms with van der Waals surface area (Å²) in [5.74, 6) is 0.125. The lowest BCUT2D eigenvalue weighted by Crippen LogP contribution is -2.52. The van der Waals surface area contributed by atoms with Crippen LogP contribution in [-0.4, -0.2) is 70.8 Å². The van der Waals surface area contributed by atoms with Crippen molar-refractivity contribution < 1.29 is 9.59 Å². The number of aromatic nitrogens is 1. The largest absolute Gasteiger partial charge is 0.340 e. The van der Waals surface area contributed by atoms with Gasteiger partial charge in [0.05, 0.1) is 5.92 Å². The highest BCUT2D eigenvalue weighted by molar-refractivity contribution is 6.07. The molecule has 33 heavy (non-hydrogen) atoms. The molecule has 0 unspecified atom stereocenters. The van der Waals surface area contributed by atoms with E-state index in [1.807, 2.05) is 64.5 Å². The van der Waals surface area contributed by atoms with Gasteiger partial charge >= 0.3 is 0 Å². The number of piperazine rings is 1. The molecule has 2 fully saturated rings. The monoisotopic (exact) mass is 442 g/mol. The van der Waals surface area contributed by atoms with Crippen LogP contribution in [0.15, 0.2) is 67.0 Å². The van der Waals surface area contributed by atoms with Crippen LogP contribution in [0.25, 0.3) is 10.8 Å². The van der Waals surface area contributed by atoms with Crippen molar-refractivity contribution in [2.75, 3.05) is 39.3 Å². The van der Waals surface area contributed by atoms with Gasteiger partial charge in [0.1, 0.15) is 0 Å². The number of nitrogens with zero attached hydrogens (tertiary/aromatic N) is 4. The Morgan fingerprint density at radius 1 is 0.879 bits per heavy atom. The summed E-state index contributed by atoms with van der Waals surface area (Å²) >= 11 is 0. The maximum absolute atomic E-state index is 13.4. The zero-order valence-electron chi connectivity index (χ0n) is 18.9. The molecule has 0 bridgehead atoms. The molecule has 1 atom stereocenters. The first-order valence-corrected chi connectivity index (χ1v) is 11.9. The van der Waals surface area contributed by atoms with E-state index in [4.69, 9.17) is 0 Å². The lowest BCUT2D eigenvalue weighted by Gasteiger charge is -2.39. The Balaban J connectivity index is 1.20. The summed E-state index contributed by atoms with van der Waals surface area (Å²) < 4.78 is 0. The number of benzene rings is 2. The fraction of sp³-hybridized carbons (Fsp3) is 0.370. The van der Waals surface area contributed by atoms with Gasteiger partial charge in [-0.3, -0.25) is 19.5 Å². The Hall–Kier alpha value is -3.25. The van der Waals surface area contributed by atoms with Crippen molar-refractivity contribution in [1.29, 1.82) is 0 Å². The quantitative estimate of drug-likeness (QED) is 0.621. The van der Waals surface area contributed by atoms with Gasteiger partial charge in [0.2, 0.25) is 5.91 Å². The summed E-state index contributed by atoms with van der Waals surface area (Å²) in [7, 11) is 0. The Kier molecular flexibility index (Phi) is 6.35. The van der Waals surface area contributed by atoms with Crippen LogP contribution >= 0.6 is 0 Å². The van der Waals surface area contributed by atoms with Crippen molar-refractivity contribution in [3.05, 3.63) is 78.1 Å². The standard InChI is InChI=1S/C27H30N4O2/c32-26(30-16-14-29(15-17-30)19-21-6-4-12-28-18-21)23-9-5-13-31(20-23)27(33)25-11-3-8-22-7-1-2-10-24(22)25/h1-4,6-8,10-12,18,23H,5,9,13-17,19-20H2/t23-/m1/s1. The van der Waals surface area contributed by atoms with Gasteiger partial charge in [-0.25, -0.2) is 0 Å². The third kappa shape index (κ3) is 4.76. The van der Waals surface area contributed by atoms with Crippen LogP contribution in [0.2, 0.25) is 0 Å². The van der Waals surface area contributed by atoms with Gasteiger partial charge < -0.3 is 9.80 Å². The van der Waals surface area contributed by atoms with E-state index >= 15 is 0 Å². The number of likely N-dealkylation sites (tertiary alicyclic amines) is 1. The molecule has 2 aliphatic heterocycles. The van der Waals surface area contributed by atoms with Crippen LogP contribution in [0.3, 0.4) is 0 Å². The topological polar surface area (TPSA) is 56.8 Å². The first kappa shape index (κ1) is 21.6. The van der Waals surface area contributed by atoms with Crippen molar-refractivity contribution in [3.8, 4) is 0 Å². The van der Waals surface area contributed by atoms with E-state index in [0.717, 1.165) is 61.9 Å². The first-order valence-electron chi connectivity index (χ1n) is 11.9. The maximum Gasteiger partial charge on any atom is 0.254 e. The van der Waals surface area contributed by atoms with E-state index < -0.39 is 0 Å². The van der Waals surface area contributed by atoms with Crippen LogP contribution in [-0.2, 0) is 11.3 Å². The van der Waals surface area contributed by atoms with Crippen LogP contribution in [0.1, 0.15) is 28.8 Å². The first-order chi connectivity index (χ1) is 16.2. The fourth-order valence-corrected chi connectivity index (χ4v) is 5.08. The highest BCUT2D eigenvalue weighted by Gasteiger charge is 2.33. The molecule has 2 amide bonds. The number of hydrogen-bond acceptors (Lipinski definition) is 4. The summed E-state index contributed by atoms with van der Waals surface area (Å²) in [6.07, 6.45) is 5.42. The number of hydrogen-bond donors (Lipinski definition) is 0. The summed E-state index contributed by atoms with van der Waals surface area (Å²) in [6, 6.07) is 17.9. The van der Waals surface area contributed by atoms with E-state index in [0.29, 0.717) is 13.1 Å². The zero-order valence-corrected chi connectivity index (χ0v) is 18.9. The molecule has 0 spiro atoms. The van der Waals surface area contributed by atoms with Gasteiger partial charge in [-0.2, -0.15) is 0 Å². The van der Waals surface area contributed by atoms with Crippen molar-refractivity contribution in [2.45, 2.75) is 19.4 Å². The predicted molar refractivity (Wildman–Crippen MR) is 129 cm³/mol. The highest BCUT2D eigenvalue weighted by Crippen LogP contribution is 2.25. The Bertz CT molecular complexity index is 1120. The van der Waals surface area contributed by atoms with Gasteiger partial charge in [-0.15, -0.1) is 0 Å². The van der Waals surface area contributed by atoms with Crippen LogP contribution in [0, 0.1) is 5.92 Å². The molecule has 5 rings (SSSR count). The second-order valence-corrected chi connectivity index (χ2v) is 9.08. The molecule has 3 heterocycles. The minimum atomic E-state index is -0.109. The Morgan fingerprint density at radius 3 is 2.52 bits per heavy atom. The molecule has 6 nitrogen and oxygen atoms in total. The van der Waals surface area contributed by atoms with Gasteiger partial charge in [0.15, 0.2) is 0 Å². The molecule has 3 aromatic rings. The molecule has 1 aromatic heterocycles. The molecule has 0 saturated carbocycles. The van der Waals surface area contributed by atoms with Gasteiger partial charge in [0.25, 0.3) is 5.91 Å². The SMILES string of the molecule is O=C(c1cccc2ccccc12)N1CCC[C@@H](C(=O)N2CCN(Cc3cccnc3)CC2)C1. The average Bonchev–Trinajstić information content (AvgIpc) is 2.88. The minimum Gasteiger partial charge on any atom is -0.340 e. The highest BCUT2D eigenvalue weighted by atomic mass is 16.2. The number of pyridine rings is 1. The van der Waals surface area contributed by atoms with E-state index in [1.165, 1.54) is 5.56 Å². The predicted octanol–water partition coefficient (Wildman–Crippen LogP) is 3.43.